The molecule has 5 heteroatoms. The van der Waals surface area contributed by atoms with Crippen LogP contribution in [0, 0.1) is 0 Å². The topological polar surface area (TPSA) is 67.4 Å². The van der Waals surface area contributed by atoms with Crippen LogP contribution < -0.4 is 15.4 Å². The minimum absolute atomic E-state index is 0.00570. The van der Waals surface area contributed by atoms with Crippen LogP contribution >= 0.6 is 0 Å². The van der Waals surface area contributed by atoms with Crippen LogP contribution in [0.2, 0.25) is 0 Å². The van der Waals surface area contributed by atoms with Gasteiger partial charge in [0.15, 0.2) is 0 Å². The number of carbonyl (C=O) groups excluding carboxylic acids is 2. The van der Waals surface area contributed by atoms with Gasteiger partial charge < -0.3 is 15.4 Å². The summed E-state index contributed by atoms with van der Waals surface area (Å²) in [6.45, 7) is 0.623. The Morgan fingerprint density at radius 2 is 2.26 bits per heavy atom. The van der Waals surface area contributed by atoms with Gasteiger partial charge in [-0.1, -0.05) is 18.2 Å². The number of ether oxygens (including phenoxy) is 1. The molecule has 19 heavy (non-hydrogen) atoms. The van der Waals surface area contributed by atoms with Gasteiger partial charge in [0.2, 0.25) is 11.8 Å². The van der Waals surface area contributed by atoms with Crippen molar-refractivity contribution in [3.8, 4) is 5.75 Å². The first-order valence-electron chi connectivity index (χ1n) is 6.37. The SMILES string of the molecule is COc1ccccc1CC(=O)NC1CCNC(=O)C1. The van der Waals surface area contributed by atoms with Crippen molar-refractivity contribution >= 4 is 11.8 Å². The van der Waals surface area contributed by atoms with E-state index in [-0.39, 0.29) is 24.3 Å². The molecular formula is C14H18N2O3. The lowest BCUT2D eigenvalue weighted by Gasteiger charge is -2.23. The molecule has 1 aromatic carbocycles. The van der Waals surface area contributed by atoms with Crippen molar-refractivity contribution in [1.29, 1.82) is 0 Å². The van der Waals surface area contributed by atoms with Crippen LogP contribution in [0.3, 0.4) is 0 Å². The first-order valence-corrected chi connectivity index (χ1v) is 6.37. The molecule has 0 aliphatic carbocycles. The zero-order chi connectivity index (χ0) is 13.7. The lowest BCUT2D eigenvalue weighted by molar-refractivity contribution is -0.124. The molecule has 1 aliphatic rings. The van der Waals surface area contributed by atoms with Crippen molar-refractivity contribution in [1.82, 2.24) is 10.6 Å². The molecule has 1 fully saturated rings. The van der Waals surface area contributed by atoms with Gasteiger partial charge in [0.05, 0.1) is 13.5 Å². The highest BCUT2D eigenvalue weighted by atomic mass is 16.5. The summed E-state index contributed by atoms with van der Waals surface area (Å²) in [6, 6.07) is 7.38. The van der Waals surface area contributed by atoms with Crippen LogP contribution in [0.25, 0.3) is 0 Å². The van der Waals surface area contributed by atoms with E-state index in [4.69, 9.17) is 4.74 Å². The third kappa shape index (κ3) is 3.71. The monoisotopic (exact) mass is 262 g/mol. The van der Waals surface area contributed by atoms with Gasteiger partial charge >= 0.3 is 0 Å². The number of para-hydroxylation sites is 1. The fraction of sp³-hybridized carbons (Fsp3) is 0.429. The summed E-state index contributed by atoms with van der Waals surface area (Å²) in [4.78, 5) is 23.2. The maximum atomic E-state index is 12.0. The lowest BCUT2D eigenvalue weighted by atomic mass is 10.0. The van der Waals surface area contributed by atoms with Gasteiger partial charge in [-0.05, 0) is 12.5 Å². The van der Waals surface area contributed by atoms with Gasteiger partial charge in [0.1, 0.15) is 5.75 Å². The molecule has 5 nitrogen and oxygen atoms in total. The largest absolute Gasteiger partial charge is 0.496 e. The van der Waals surface area contributed by atoms with Gasteiger partial charge in [0, 0.05) is 24.6 Å². The second-order valence-corrected chi connectivity index (χ2v) is 4.60. The zero-order valence-electron chi connectivity index (χ0n) is 10.9. The van der Waals surface area contributed by atoms with Crippen LogP contribution in [0.15, 0.2) is 24.3 Å². The fourth-order valence-electron chi connectivity index (χ4n) is 2.21. The average Bonchev–Trinajstić information content (AvgIpc) is 2.39. The summed E-state index contributed by atoms with van der Waals surface area (Å²) in [7, 11) is 1.59. The molecule has 2 rings (SSSR count). The molecule has 1 aromatic rings. The summed E-state index contributed by atoms with van der Waals surface area (Å²) in [5.74, 6) is 0.622. The smallest absolute Gasteiger partial charge is 0.224 e. The maximum absolute atomic E-state index is 12.0. The Morgan fingerprint density at radius 1 is 1.47 bits per heavy atom. The highest BCUT2D eigenvalue weighted by molar-refractivity contribution is 5.82. The molecule has 0 aromatic heterocycles. The molecule has 1 atom stereocenters. The number of amides is 2. The van der Waals surface area contributed by atoms with Gasteiger partial charge in [0.25, 0.3) is 0 Å². The number of hydrogen-bond donors (Lipinski definition) is 2. The molecule has 0 radical (unpaired) electrons. The van der Waals surface area contributed by atoms with E-state index in [0.717, 1.165) is 12.0 Å². The van der Waals surface area contributed by atoms with Crippen LogP contribution in [0.5, 0.6) is 5.75 Å². The van der Waals surface area contributed by atoms with Gasteiger partial charge in [-0.2, -0.15) is 0 Å². The Labute approximate surface area is 112 Å². The Bertz CT molecular complexity index is 474. The third-order valence-corrected chi connectivity index (χ3v) is 3.16. The number of methoxy groups -OCH3 is 1. The maximum Gasteiger partial charge on any atom is 0.224 e. The summed E-state index contributed by atoms with van der Waals surface area (Å²) in [5, 5.41) is 5.64. The average molecular weight is 262 g/mol. The first-order chi connectivity index (χ1) is 9.19. The van der Waals surface area contributed by atoms with E-state index in [0.29, 0.717) is 18.7 Å². The van der Waals surface area contributed by atoms with E-state index >= 15 is 0 Å². The Hall–Kier alpha value is -2.04. The van der Waals surface area contributed by atoms with E-state index in [2.05, 4.69) is 10.6 Å². The predicted octanol–water partition coefficient (Wildman–Crippen LogP) is 0.632. The molecule has 1 aliphatic heterocycles. The lowest BCUT2D eigenvalue weighted by Crippen LogP contribution is -2.45. The van der Waals surface area contributed by atoms with Crippen molar-refractivity contribution in [2.45, 2.75) is 25.3 Å². The van der Waals surface area contributed by atoms with Gasteiger partial charge in [-0.25, -0.2) is 0 Å². The van der Waals surface area contributed by atoms with Crippen molar-refractivity contribution in [2.75, 3.05) is 13.7 Å². The molecular weight excluding hydrogens is 244 g/mol. The summed E-state index contributed by atoms with van der Waals surface area (Å²) in [5.41, 5.74) is 0.850. The number of carbonyl (C=O) groups is 2. The molecule has 0 saturated carbocycles. The normalized spacial score (nSPS) is 18.6. The molecule has 2 amide bonds. The second kappa shape index (κ2) is 6.22. The van der Waals surface area contributed by atoms with E-state index in [1.54, 1.807) is 7.11 Å². The van der Waals surface area contributed by atoms with Gasteiger partial charge in [-0.15, -0.1) is 0 Å². The molecule has 1 unspecified atom stereocenters. The highest BCUT2D eigenvalue weighted by Crippen LogP contribution is 2.17. The first kappa shape index (κ1) is 13.4. The number of rotatable bonds is 4. The van der Waals surface area contributed by atoms with Gasteiger partial charge in [-0.3, -0.25) is 9.59 Å². The van der Waals surface area contributed by atoms with Crippen molar-refractivity contribution in [3.05, 3.63) is 29.8 Å². The summed E-state index contributed by atoms with van der Waals surface area (Å²) < 4.78 is 5.21. The Balaban J connectivity index is 1.92. The van der Waals surface area contributed by atoms with E-state index in [9.17, 15) is 9.59 Å². The molecule has 1 heterocycles. The van der Waals surface area contributed by atoms with Crippen molar-refractivity contribution in [3.63, 3.8) is 0 Å². The fourth-order valence-corrected chi connectivity index (χ4v) is 2.21. The van der Waals surface area contributed by atoms with Crippen LogP contribution in [0.1, 0.15) is 18.4 Å². The van der Waals surface area contributed by atoms with E-state index in [1.807, 2.05) is 24.3 Å². The molecule has 0 spiro atoms. The van der Waals surface area contributed by atoms with Crippen LogP contribution in [-0.2, 0) is 16.0 Å². The highest BCUT2D eigenvalue weighted by Gasteiger charge is 2.20. The van der Waals surface area contributed by atoms with Crippen molar-refractivity contribution in [2.24, 2.45) is 0 Å². The number of hydrogen-bond acceptors (Lipinski definition) is 3. The molecule has 102 valence electrons. The minimum atomic E-state index is -0.0794. The van der Waals surface area contributed by atoms with Crippen LogP contribution in [0.4, 0.5) is 0 Å². The van der Waals surface area contributed by atoms with Crippen LogP contribution in [-0.4, -0.2) is 31.5 Å². The molecule has 1 saturated heterocycles. The number of benzene rings is 1. The summed E-state index contributed by atoms with van der Waals surface area (Å²) in [6.07, 6.45) is 1.41. The number of piperidine rings is 1. The minimum Gasteiger partial charge on any atom is -0.496 e. The zero-order valence-corrected chi connectivity index (χ0v) is 10.9. The number of nitrogens with one attached hydrogen (secondary N) is 2. The summed E-state index contributed by atoms with van der Waals surface area (Å²) >= 11 is 0. The van der Waals surface area contributed by atoms with Crippen molar-refractivity contribution < 1.29 is 14.3 Å². The Kier molecular flexibility index (Phi) is 4.39. The standard InChI is InChI=1S/C14H18N2O3/c1-19-12-5-3-2-4-10(12)8-14(18)16-11-6-7-15-13(17)9-11/h2-5,11H,6-9H2,1H3,(H,15,17)(H,16,18). The molecule has 0 bridgehead atoms. The van der Waals surface area contributed by atoms with E-state index < -0.39 is 0 Å². The second-order valence-electron chi connectivity index (χ2n) is 4.60. The third-order valence-electron chi connectivity index (χ3n) is 3.16. The van der Waals surface area contributed by atoms with E-state index in [1.165, 1.54) is 0 Å². The molecule has 2 N–H and O–H groups in total. The Morgan fingerprint density at radius 3 is 3.00 bits per heavy atom. The predicted molar refractivity (Wildman–Crippen MR) is 70.9 cm³/mol. The quantitative estimate of drug-likeness (QED) is 0.836.